The second-order valence-corrected chi connectivity index (χ2v) is 6.65. The maximum absolute atomic E-state index is 14.8. The number of anilines is 1. The van der Waals surface area contributed by atoms with Crippen LogP contribution in [-0.4, -0.2) is 44.3 Å². The van der Waals surface area contributed by atoms with Crippen molar-refractivity contribution < 1.29 is 32.6 Å². The van der Waals surface area contributed by atoms with Gasteiger partial charge in [-0.3, -0.25) is 4.79 Å². The summed E-state index contributed by atoms with van der Waals surface area (Å²) in [5, 5.41) is 19.1. The molecule has 3 rings (SSSR count). The minimum Gasteiger partial charge on any atom is -0.506 e. The fourth-order valence-corrected chi connectivity index (χ4v) is 3.61. The van der Waals surface area contributed by atoms with E-state index < -0.39 is 39.9 Å². The number of amides is 1. The Morgan fingerprint density at radius 3 is 2.71 bits per heavy atom. The van der Waals surface area contributed by atoms with Gasteiger partial charge in [-0.25, -0.2) is 13.4 Å². The number of aliphatic hydroxyl groups is 1. The zero-order valence-corrected chi connectivity index (χ0v) is 13.0. The predicted octanol–water partition coefficient (Wildman–Crippen LogP) is 0.237. The van der Waals surface area contributed by atoms with Crippen LogP contribution in [0.5, 0.6) is 11.5 Å². The van der Waals surface area contributed by atoms with Gasteiger partial charge in [0.1, 0.15) is 30.3 Å². The van der Waals surface area contributed by atoms with E-state index in [1.165, 1.54) is 24.3 Å². The van der Waals surface area contributed by atoms with E-state index in [-0.39, 0.29) is 24.3 Å². The molecule has 0 unspecified atom stereocenters. The van der Waals surface area contributed by atoms with Crippen LogP contribution < -0.4 is 13.8 Å². The first-order chi connectivity index (χ1) is 11.3. The third-order valence-electron chi connectivity index (χ3n) is 3.43. The highest BCUT2D eigenvalue weighted by atomic mass is 32.2. The zero-order valence-electron chi connectivity index (χ0n) is 12.2. The first-order valence-electron chi connectivity index (χ1n) is 6.85. The molecule has 128 valence electrons. The lowest BCUT2D eigenvalue weighted by molar-refractivity contribution is -0.117. The van der Waals surface area contributed by atoms with E-state index in [0.29, 0.717) is 9.69 Å². The average molecular weight is 356 g/mol. The monoisotopic (exact) mass is 356 g/mol. The molecule has 0 aromatic heterocycles. The number of hydrogen-bond acceptors (Lipinski definition) is 6. The Hall–Kier alpha value is -2.59. The average Bonchev–Trinajstić information content (AvgIpc) is 2.78. The molecule has 1 fully saturated rings. The van der Waals surface area contributed by atoms with E-state index in [2.05, 4.69) is 0 Å². The Bertz CT molecular complexity index is 930. The number of nitrogens with zero attached hydrogens (tertiary/aromatic N) is 1. The molecule has 0 saturated carbocycles. The Morgan fingerprint density at radius 2 is 2.08 bits per heavy atom. The van der Waals surface area contributed by atoms with Crippen LogP contribution in [-0.2, 0) is 15.0 Å². The second kappa shape index (κ2) is 5.80. The molecule has 3 N–H and O–H groups in total. The standard InChI is InChI=1S/C14H13FN2O6S/c15-13-10-6-9(23-4-3-18)2-1-8(10)5-11(19)14(13)17-7-12(20)16-24(17,21)22/h1-2,5-6,18-19H,3-4,7H2,(H,16,20). The smallest absolute Gasteiger partial charge is 0.326 e. The quantitative estimate of drug-likeness (QED) is 0.722. The molecule has 1 aliphatic rings. The summed E-state index contributed by atoms with van der Waals surface area (Å²) in [6.45, 7) is -0.836. The van der Waals surface area contributed by atoms with Gasteiger partial charge in [0.15, 0.2) is 5.82 Å². The van der Waals surface area contributed by atoms with Crippen molar-refractivity contribution in [1.82, 2.24) is 4.72 Å². The molecule has 1 heterocycles. The van der Waals surface area contributed by atoms with Crippen molar-refractivity contribution in [3.05, 3.63) is 30.1 Å². The Kier molecular flexibility index (Phi) is 3.93. The molecule has 1 aliphatic heterocycles. The Labute approximate surface area is 136 Å². The number of carbonyl (C=O) groups excluding carboxylic acids is 1. The number of ether oxygens (including phenoxy) is 1. The summed E-state index contributed by atoms with van der Waals surface area (Å²) >= 11 is 0. The molecular formula is C14H13FN2O6S. The molecule has 8 nitrogen and oxygen atoms in total. The molecule has 1 amide bonds. The third-order valence-corrected chi connectivity index (χ3v) is 4.81. The fraction of sp³-hybridized carbons (Fsp3) is 0.214. The minimum absolute atomic E-state index is 0.00721. The van der Waals surface area contributed by atoms with Crippen molar-refractivity contribution in [2.45, 2.75) is 0 Å². The normalized spacial score (nSPS) is 16.4. The summed E-state index contributed by atoms with van der Waals surface area (Å²) in [5.41, 5.74) is -0.611. The number of nitrogens with one attached hydrogen (secondary N) is 1. The van der Waals surface area contributed by atoms with Crippen LogP contribution in [0.15, 0.2) is 24.3 Å². The Balaban J connectivity index is 2.16. The lowest BCUT2D eigenvalue weighted by Crippen LogP contribution is -2.30. The first kappa shape index (κ1) is 16.3. The molecule has 24 heavy (non-hydrogen) atoms. The summed E-state index contributed by atoms with van der Waals surface area (Å²) < 4.78 is 46.0. The van der Waals surface area contributed by atoms with E-state index in [1.54, 1.807) is 4.72 Å². The number of fused-ring (bicyclic) bond motifs is 1. The number of aliphatic hydroxyl groups excluding tert-OH is 1. The lowest BCUT2D eigenvalue weighted by Gasteiger charge is -2.18. The van der Waals surface area contributed by atoms with Crippen LogP contribution in [0.4, 0.5) is 10.1 Å². The SMILES string of the molecule is O=C1CN(c2c(O)cc3ccc(OCCO)cc3c2F)S(=O)(=O)N1. The number of halogens is 1. The van der Waals surface area contributed by atoms with Gasteiger partial charge < -0.3 is 14.9 Å². The van der Waals surface area contributed by atoms with Crippen LogP contribution >= 0.6 is 0 Å². The van der Waals surface area contributed by atoms with E-state index in [4.69, 9.17) is 9.84 Å². The number of hydrogen-bond donors (Lipinski definition) is 3. The number of benzene rings is 2. The molecular weight excluding hydrogens is 343 g/mol. The highest BCUT2D eigenvalue weighted by Gasteiger charge is 2.37. The topological polar surface area (TPSA) is 116 Å². The largest absolute Gasteiger partial charge is 0.506 e. The lowest BCUT2D eigenvalue weighted by atomic mass is 10.1. The van der Waals surface area contributed by atoms with E-state index in [0.717, 1.165) is 0 Å². The van der Waals surface area contributed by atoms with Gasteiger partial charge in [0, 0.05) is 5.39 Å². The minimum atomic E-state index is -4.26. The van der Waals surface area contributed by atoms with Crippen molar-refractivity contribution in [2.24, 2.45) is 0 Å². The molecule has 2 aromatic carbocycles. The van der Waals surface area contributed by atoms with Gasteiger partial charge in [-0.05, 0) is 23.6 Å². The fourth-order valence-electron chi connectivity index (χ4n) is 2.44. The molecule has 1 saturated heterocycles. The van der Waals surface area contributed by atoms with Gasteiger partial charge in [-0.2, -0.15) is 8.42 Å². The maximum Gasteiger partial charge on any atom is 0.326 e. The van der Waals surface area contributed by atoms with Gasteiger partial charge >= 0.3 is 10.2 Å². The molecule has 10 heteroatoms. The van der Waals surface area contributed by atoms with E-state index >= 15 is 0 Å². The van der Waals surface area contributed by atoms with Gasteiger partial charge in [0.05, 0.1) is 6.61 Å². The van der Waals surface area contributed by atoms with Crippen molar-refractivity contribution in [3.63, 3.8) is 0 Å². The van der Waals surface area contributed by atoms with Crippen LogP contribution in [0.25, 0.3) is 10.8 Å². The van der Waals surface area contributed by atoms with Gasteiger partial charge in [-0.1, -0.05) is 6.07 Å². The van der Waals surface area contributed by atoms with Crippen molar-refractivity contribution >= 4 is 32.6 Å². The summed E-state index contributed by atoms with van der Waals surface area (Å²) in [7, 11) is -4.26. The molecule has 0 aliphatic carbocycles. The number of rotatable bonds is 4. The zero-order chi connectivity index (χ0) is 17.5. The summed E-state index contributed by atoms with van der Waals surface area (Å²) in [6, 6.07) is 5.52. The third kappa shape index (κ3) is 2.69. The van der Waals surface area contributed by atoms with Crippen LogP contribution in [0.1, 0.15) is 0 Å². The van der Waals surface area contributed by atoms with Crippen molar-refractivity contribution in [1.29, 1.82) is 0 Å². The highest BCUT2D eigenvalue weighted by Crippen LogP contribution is 2.39. The number of carbonyl (C=O) groups is 1. The van der Waals surface area contributed by atoms with Crippen LogP contribution in [0.2, 0.25) is 0 Å². The van der Waals surface area contributed by atoms with Gasteiger partial charge in [0.2, 0.25) is 0 Å². The summed E-state index contributed by atoms with van der Waals surface area (Å²) in [6.07, 6.45) is 0. The van der Waals surface area contributed by atoms with Crippen molar-refractivity contribution in [2.75, 3.05) is 24.1 Å². The molecule has 2 aromatic rings. The second-order valence-electron chi connectivity index (χ2n) is 5.05. The van der Waals surface area contributed by atoms with Gasteiger partial charge in [0.25, 0.3) is 5.91 Å². The van der Waals surface area contributed by atoms with Crippen LogP contribution in [0.3, 0.4) is 0 Å². The highest BCUT2D eigenvalue weighted by molar-refractivity contribution is 7.92. The molecule has 0 atom stereocenters. The molecule has 0 radical (unpaired) electrons. The Morgan fingerprint density at radius 1 is 1.33 bits per heavy atom. The maximum atomic E-state index is 14.8. The van der Waals surface area contributed by atoms with Crippen LogP contribution in [0, 0.1) is 5.82 Å². The molecule has 0 spiro atoms. The number of phenols is 1. The van der Waals surface area contributed by atoms with Crippen molar-refractivity contribution in [3.8, 4) is 11.5 Å². The number of aromatic hydroxyl groups is 1. The van der Waals surface area contributed by atoms with Gasteiger partial charge in [-0.15, -0.1) is 0 Å². The summed E-state index contributed by atoms with van der Waals surface area (Å²) in [5.74, 6) is -2.16. The van der Waals surface area contributed by atoms with E-state index in [9.17, 15) is 22.7 Å². The van der Waals surface area contributed by atoms with E-state index in [1.807, 2.05) is 0 Å². The summed E-state index contributed by atoms with van der Waals surface area (Å²) in [4.78, 5) is 11.3. The number of phenolic OH excluding ortho intramolecular Hbond substituents is 1. The first-order valence-corrected chi connectivity index (χ1v) is 8.29. The molecule has 0 bridgehead atoms. The predicted molar refractivity (Wildman–Crippen MR) is 82.6 cm³/mol.